The molecule has 5 heteroatoms. The predicted molar refractivity (Wildman–Crippen MR) is 81.4 cm³/mol. The molecule has 0 aliphatic rings. The standard InChI is InChI=1S/C16H16ClNO3/c1-3-10(2)11-4-6-13(7-5-11)21-15-14(17)8-12(9-18-15)16(19)20/h4-10H,3H2,1-2H3,(H,19,20). The molecule has 21 heavy (non-hydrogen) atoms. The van der Waals surface area contributed by atoms with Crippen LogP contribution in [-0.2, 0) is 0 Å². The number of nitrogens with zero attached hydrogens (tertiary/aromatic N) is 1. The summed E-state index contributed by atoms with van der Waals surface area (Å²) in [5.41, 5.74) is 1.27. The van der Waals surface area contributed by atoms with E-state index in [-0.39, 0.29) is 16.5 Å². The summed E-state index contributed by atoms with van der Waals surface area (Å²) in [4.78, 5) is 14.7. The first-order valence-electron chi connectivity index (χ1n) is 6.68. The summed E-state index contributed by atoms with van der Waals surface area (Å²) in [6, 6.07) is 9.03. The molecule has 0 amide bonds. The van der Waals surface area contributed by atoms with Crippen molar-refractivity contribution in [1.82, 2.24) is 4.98 Å². The lowest BCUT2D eigenvalue weighted by Gasteiger charge is -2.11. The molecule has 1 atom stereocenters. The van der Waals surface area contributed by atoms with E-state index in [1.54, 1.807) is 0 Å². The van der Waals surface area contributed by atoms with Gasteiger partial charge in [-0.15, -0.1) is 0 Å². The second kappa shape index (κ2) is 6.59. The molecule has 0 aliphatic carbocycles. The SMILES string of the molecule is CCC(C)c1ccc(Oc2ncc(C(=O)O)cc2Cl)cc1. The molecule has 0 saturated heterocycles. The summed E-state index contributed by atoms with van der Waals surface area (Å²) in [5, 5.41) is 9.02. The van der Waals surface area contributed by atoms with Gasteiger partial charge in [0.15, 0.2) is 0 Å². The van der Waals surface area contributed by atoms with Gasteiger partial charge in [0.05, 0.1) is 5.56 Å². The molecule has 110 valence electrons. The normalized spacial score (nSPS) is 12.0. The Morgan fingerprint density at radius 3 is 2.57 bits per heavy atom. The van der Waals surface area contributed by atoms with Gasteiger partial charge in [0.25, 0.3) is 0 Å². The van der Waals surface area contributed by atoms with Crippen LogP contribution < -0.4 is 4.74 Å². The third kappa shape index (κ3) is 3.73. The molecule has 1 heterocycles. The van der Waals surface area contributed by atoms with Gasteiger partial charge in [0.2, 0.25) is 5.88 Å². The Morgan fingerprint density at radius 1 is 1.38 bits per heavy atom. The fourth-order valence-corrected chi connectivity index (χ4v) is 2.03. The van der Waals surface area contributed by atoms with Crippen LogP contribution in [0.1, 0.15) is 42.1 Å². The van der Waals surface area contributed by atoms with E-state index in [2.05, 4.69) is 18.8 Å². The van der Waals surface area contributed by atoms with E-state index in [4.69, 9.17) is 21.4 Å². The van der Waals surface area contributed by atoms with Crippen molar-refractivity contribution in [2.75, 3.05) is 0 Å². The van der Waals surface area contributed by atoms with Crippen molar-refractivity contribution < 1.29 is 14.6 Å². The molecule has 1 unspecified atom stereocenters. The average Bonchev–Trinajstić information content (AvgIpc) is 2.49. The third-order valence-corrected chi connectivity index (χ3v) is 3.60. The van der Waals surface area contributed by atoms with Crippen molar-refractivity contribution in [2.45, 2.75) is 26.2 Å². The Hall–Kier alpha value is -2.07. The first kappa shape index (κ1) is 15.3. The number of carboxylic acids is 1. The number of pyridine rings is 1. The molecule has 1 aromatic carbocycles. The van der Waals surface area contributed by atoms with E-state index in [0.717, 1.165) is 6.42 Å². The average molecular weight is 306 g/mol. The maximum Gasteiger partial charge on any atom is 0.337 e. The maximum absolute atomic E-state index is 10.8. The van der Waals surface area contributed by atoms with Gasteiger partial charge in [-0.25, -0.2) is 9.78 Å². The summed E-state index contributed by atoms with van der Waals surface area (Å²) in [6.07, 6.45) is 2.29. The van der Waals surface area contributed by atoms with Gasteiger partial charge < -0.3 is 9.84 Å². The molecule has 1 aromatic heterocycles. The van der Waals surface area contributed by atoms with E-state index >= 15 is 0 Å². The molecule has 0 saturated carbocycles. The lowest BCUT2D eigenvalue weighted by Crippen LogP contribution is -1.98. The van der Waals surface area contributed by atoms with Crippen LogP contribution in [0.15, 0.2) is 36.5 Å². The number of carboxylic acid groups (broad SMARTS) is 1. The van der Waals surface area contributed by atoms with E-state index in [0.29, 0.717) is 11.7 Å². The van der Waals surface area contributed by atoms with Crippen molar-refractivity contribution in [3.63, 3.8) is 0 Å². The Balaban J connectivity index is 2.16. The van der Waals surface area contributed by atoms with Crippen LogP contribution in [0.4, 0.5) is 0 Å². The quantitative estimate of drug-likeness (QED) is 0.866. The predicted octanol–water partition coefficient (Wildman–Crippen LogP) is 4.74. The van der Waals surface area contributed by atoms with Crippen molar-refractivity contribution in [2.24, 2.45) is 0 Å². The molecule has 0 radical (unpaired) electrons. The fraction of sp³-hybridized carbons (Fsp3) is 0.250. The highest BCUT2D eigenvalue weighted by molar-refractivity contribution is 6.32. The monoisotopic (exact) mass is 305 g/mol. The molecule has 0 spiro atoms. The van der Waals surface area contributed by atoms with E-state index in [1.807, 2.05) is 24.3 Å². The lowest BCUT2D eigenvalue weighted by molar-refractivity contribution is 0.0696. The highest BCUT2D eigenvalue weighted by Crippen LogP contribution is 2.29. The summed E-state index contributed by atoms with van der Waals surface area (Å²) >= 11 is 5.98. The first-order valence-corrected chi connectivity index (χ1v) is 7.05. The summed E-state index contributed by atoms with van der Waals surface area (Å²) in [7, 11) is 0. The molecule has 1 N–H and O–H groups in total. The Bertz CT molecular complexity index is 640. The number of carbonyl (C=O) groups is 1. The summed E-state index contributed by atoms with van der Waals surface area (Å²) in [6.45, 7) is 4.31. The Labute approximate surface area is 128 Å². The van der Waals surface area contributed by atoms with Crippen LogP contribution in [0.2, 0.25) is 5.02 Å². The molecule has 2 aromatic rings. The third-order valence-electron chi connectivity index (χ3n) is 3.33. The zero-order valence-corrected chi connectivity index (χ0v) is 12.6. The first-order chi connectivity index (χ1) is 10.0. The Morgan fingerprint density at radius 2 is 2.05 bits per heavy atom. The maximum atomic E-state index is 10.8. The number of aromatic nitrogens is 1. The number of hydrogen-bond acceptors (Lipinski definition) is 3. The van der Waals surface area contributed by atoms with Crippen molar-refractivity contribution in [3.8, 4) is 11.6 Å². The molecular weight excluding hydrogens is 290 g/mol. The fourth-order valence-electron chi connectivity index (χ4n) is 1.83. The van der Waals surface area contributed by atoms with Crippen LogP contribution >= 0.6 is 11.6 Å². The number of rotatable bonds is 5. The van der Waals surface area contributed by atoms with Crippen LogP contribution in [0, 0.1) is 0 Å². The van der Waals surface area contributed by atoms with Crippen LogP contribution in [0.25, 0.3) is 0 Å². The number of benzene rings is 1. The second-order valence-corrected chi connectivity index (χ2v) is 5.20. The van der Waals surface area contributed by atoms with Gasteiger partial charge in [-0.1, -0.05) is 37.6 Å². The Kier molecular flexibility index (Phi) is 4.81. The topological polar surface area (TPSA) is 59.4 Å². The molecule has 4 nitrogen and oxygen atoms in total. The van der Waals surface area contributed by atoms with Crippen LogP contribution in [-0.4, -0.2) is 16.1 Å². The number of hydrogen-bond donors (Lipinski definition) is 1. The molecular formula is C16H16ClNO3. The van der Waals surface area contributed by atoms with E-state index in [1.165, 1.54) is 17.8 Å². The van der Waals surface area contributed by atoms with Gasteiger partial charge in [0, 0.05) is 6.20 Å². The lowest BCUT2D eigenvalue weighted by atomic mass is 9.99. The van der Waals surface area contributed by atoms with Crippen LogP contribution in [0.3, 0.4) is 0 Å². The number of ether oxygens (including phenoxy) is 1. The van der Waals surface area contributed by atoms with Gasteiger partial charge in [-0.3, -0.25) is 0 Å². The van der Waals surface area contributed by atoms with Gasteiger partial charge in [-0.05, 0) is 36.1 Å². The van der Waals surface area contributed by atoms with E-state index < -0.39 is 5.97 Å². The summed E-state index contributed by atoms with van der Waals surface area (Å²) in [5.74, 6) is 0.224. The van der Waals surface area contributed by atoms with Crippen molar-refractivity contribution >= 4 is 17.6 Å². The molecule has 2 rings (SSSR count). The van der Waals surface area contributed by atoms with E-state index in [9.17, 15) is 4.79 Å². The van der Waals surface area contributed by atoms with Gasteiger partial charge in [-0.2, -0.15) is 0 Å². The number of aromatic carboxylic acids is 1. The zero-order valence-electron chi connectivity index (χ0n) is 11.8. The molecule has 0 bridgehead atoms. The smallest absolute Gasteiger partial charge is 0.337 e. The van der Waals surface area contributed by atoms with Crippen molar-refractivity contribution in [3.05, 3.63) is 52.7 Å². The minimum absolute atomic E-state index is 0.0273. The number of halogens is 1. The molecule has 0 fully saturated rings. The highest BCUT2D eigenvalue weighted by Gasteiger charge is 2.10. The minimum Gasteiger partial charge on any atom is -0.478 e. The minimum atomic E-state index is -1.08. The highest BCUT2D eigenvalue weighted by atomic mass is 35.5. The van der Waals surface area contributed by atoms with Crippen molar-refractivity contribution in [1.29, 1.82) is 0 Å². The summed E-state index contributed by atoms with van der Waals surface area (Å²) < 4.78 is 5.58. The van der Waals surface area contributed by atoms with Crippen LogP contribution in [0.5, 0.6) is 11.6 Å². The zero-order chi connectivity index (χ0) is 15.4. The molecule has 0 aliphatic heterocycles. The largest absolute Gasteiger partial charge is 0.478 e. The second-order valence-electron chi connectivity index (χ2n) is 4.80. The van der Waals surface area contributed by atoms with Gasteiger partial charge in [0.1, 0.15) is 10.8 Å². The van der Waals surface area contributed by atoms with Gasteiger partial charge >= 0.3 is 5.97 Å².